The Bertz CT molecular complexity index is 1040. The van der Waals surface area contributed by atoms with Crippen LogP contribution in [-0.2, 0) is 11.3 Å². The zero-order chi connectivity index (χ0) is 20.4. The van der Waals surface area contributed by atoms with Gasteiger partial charge in [-0.3, -0.25) is 4.79 Å². The highest BCUT2D eigenvalue weighted by Crippen LogP contribution is 2.44. The molecule has 0 unspecified atom stereocenters. The van der Waals surface area contributed by atoms with E-state index >= 15 is 0 Å². The normalized spacial score (nSPS) is 16.4. The molecular weight excluding hydrogens is 362 g/mol. The minimum absolute atomic E-state index is 0.198. The SMILES string of the molecule is COc1ccc(C2=C(O)C(=O)N(Cc3ccccc3)[C@@H]2c2ccc(C)cc2)cc1. The molecule has 0 saturated heterocycles. The number of carbonyl (C=O) groups excluding carboxylic acids is 1. The second kappa shape index (κ2) is 7.84. The minimum Gasteiger partial charge on any atom is -0.503 e. The number of aliphatic hydroxyl groups is 1. The average molecular weight is 385 g/mol. The van der Waals surface area contributed by atoms with Gasteiger partial charge in [0.2, 0.25) is 0 Å². The van der Waals surface area contributed by atoms with Crippen LogP contribution in [0.25, 0.3) is 5.57 Å². The topological polar surface area (TPSA) is 49.8 Å². The first-order valence-corrected chi connectivity index (χ1v) is 9.57. The number of nitrogens with zero attached hydrogens (tertiary/aromatic N) is 1. The third-order valence-corrected chi connectivity index (χ3v) is 5.29. The Morgan fingerprint density at radius 3 is 2.21 bits per heavy atom. The summed E-state index contributed by atoms with van der Waals surface area (Å²) in [7, 11) is 1.61. The number of hydrogen-bond donors (Lipinski definition) is 1. The fourth-order valence-electron chi connectivity index (χ4n) is 3.76. The van der Waals surface area contributed by atoms with Crippen molar-refractivity contribution >= 4 is 11.5 Å². The first kappa shape index (κ1) is 18.8. The molecule has 1 N–H and O–H groups in total. The zero-order valence-electron chi connectivity index (χ0n) is 16.5. The zero-order valence-corrected chi connectivity index (χ0v) is 16.5. The Morgan fingerprint density at radius 2 is 1.59 bits per heavy atom. The molecule has 4 nitrogen and oxygen atoms in total. The molecule has 0 radical (unpaired) electrons. The monoisotopic (exact) mass is 385 g/mol. The van der Waals surface area contributed by atoms with Gasteiger partial charge in [0.1, 0.15) is 5.75 Å². The third kappa shape index (κ3) is 3.61. The van der Waals surface area contributed by atoms with Gasteiger partial charge in [-0.15, -0.1) is 0 Å². The lowest BCUT2D eigenvalue weighted by molar-refractivity contribution is -0.130. The summed E-state index contributed by atoms with van der Waals surface area (Å²) in [6.45, 7) is 2.45. The molecule has 4 rings (SSSR count). The standard InChI is InChI=1S/C25H23NO3/c1-17-8-10-20(11-9-17)23-22(19-12-14-21(29-2)15-13-19)24(27)25(28)26(23)16-18-6-4-3-5-7-18/h3-15,23,27H,16H2,1-2H3/t23-/m1/s1. The van der Waals surface area contributed by atoms with E-state index in [0.29, 0.717) is 12.1 Å². The summed E-state index contributed by atoms with van der Waals surface area (Å²) >= 11 is 0. The number of carbonyl (C=O) groups is 1. The number of aryl methyl sites for hydroxylation is 1. The Labute approximate surface area is 170 Å². The maximum atomic E-state index is 13.1. The van der Waals surface area contributed by atoms with Crippen molar-refractivity contribution in [3.63, 3.8) is 0 Å². The number of aliphatic hydroxyl groups excluding tert-OH is 1. The lowest BCUT2D eigenvalue weighted by Crippen LogP contribution is -2.29. The smallest absolute Gasteiger partial charge is 0.290 e. The van der Waals surface area contributed by atoms with Crippen molar-refractivity contribution in [1.82, 2.24) is 4.90 Å². The number of ether oxygens (including phenoxy) is 1. The van der Waals surface area contributed by atoms with Crippen molar-refractivity contribution < 1.29 is 14.6 Å². The molecule has 3 aromatic rings. The summed E-state index contributed by atoms with van der Waals surface area (Å²) in [5, 5.41) is 10.8. The van der Waals surface area contributed by atoms with Crippen LogP contribution < -0.4 is 4.74 Å². The largest absolute Gasteiger partial charge is 0.503 e. The van der Waals surface area contributed by atoms with Crippen molar-refractivity contribution in [2.75, 3.05) is 7.11 Å². The predicted octanol–water partition coefficient (Wildman–Crippen LogP) is 5.06. The van der Waals surface area contributed by atoms with Crippen molar-refractivity contribution in [1.29, 1.82) is 0 Å². The fourth-order valence-corrected chi connectivity index (χ4v) is 3.76. The quantitative estimate of drug-likeness (QED) is 0.668. The number of benzene rings is 3. The second-order valence-corrected chi connectivity index (χ2v) is 7.22. The molecular formula is C25H23NO3. The van der Waals surface area contributed by atoms with Crippen molar-refractivity contribution in [2.24, 2.45) is 0 Å². The van der Waals surface area contributed by atoms with Gasteiger partial charge in [-0.2, -0.15) is 0 Å². The van der Waals surface area contributed by atoms with E-state index in [1.165, 1.54) is 0 Å². The van der Waals surface area contributed by atoms with Crippen LogP contribution in [0.4, 0.5) is 0 Å². The lowest BCUT2D eigenvalue weighted by Gasteiger charge is -2.27. The lowest BCUT2D eigenvalue weighted by atomic mass is 9.93. The van der Waals surface area contributed by atoms with Crippen LogP contribution >= 0.6 is 0 Å². The van der Waals surface area contributed by atoms with Crippen LogP contribution in [0, 0.1) is 6.92 Å². The van der Waals surface area contributed by atoms with Gasteiger partial charge in [0.05, 0.1) is 13.2 Å². The molecule has 0 aliphatic carbocycles. The fraction of sp³-hybridized carbons (Fsp3) is 0.160. The third-order valence-electron chi connectivity index (χ3n) is 5.29. The molecule has 4 heteroatoms. The maximum Gasteiger partial charge on any atom is 0.290 e. The second-order valence-electron chi connectivity index (χ2n) is 7.22. The number of hydrogen-bond acceptors (Lipinski definition) is 3. The average Bonchev–Trinajstić information content (AvgIpc) is 3.00. The van der Waals surface area contributed by atoms with E-state index in [9.17, 15) is 9.90 Å². The molecule has 0 fully saturated rings. The van der Waals surface area contributed by atoms with Crippen LogP contribution in [0.1, 0.15) is 28.3 Å². The van der Waals surface area contributed by atoms with E-state index in [-0.39, 0.29) is 17.7 Å². The molecule has 1 aliphatic heterocycles. The van der Waals surface area contributed by atoms with E-state index < -0.39 is 0 Å². The Kier molecular flexibility index (Phi) is 5.09. The summed E-state index contributed by atoms with van der Waals surface area (Å²) < 4.78 is 5.25. The molecule has 0 saturated carbocycles. The number of amides is 1. The molecule has 1 atom stereocenters. The number of methoxy groups -OCH3 is 1. The molecule has 1 heterocycles. The van der Waals surface area contributed by atoms with Gasteiger partial charge >= 0.3 is 0 Å². The van der Waals surface area contributed by atoms with Gasteiger partial charge in [0, 0.05) is 12.1 Å². The molecule has 1 aliphatic rings. The summed E-state index contributed by atoms with van der Waals surface area (Å²) in [5.41, 5.74) is 4.55. The van der Waals surface area contributed by atoms with Gasteiger partial charge in [-0.05, 0) is 35.7 Å². The highest BCUT2D eigenvalue weighted by molar-refractivity contribution is 6.05. The van der Waals surface area contributed by atoms with Crippen molar-refractivity contribution in [2.45, 2.75) is 19.5 Å². The van der Waals surface area contributed by atoms with Crippen LogP contribution in [0.2, 0.25) is 0 Å². The minimum atomic E-state index is -0.364. The van der Waals surface area contributed by atoms with E-state index in [1.807, 2.05) is 85.8 Å². The van der Waals surface area contributed by atoms with Crippen LogP contribution in [0.15, 0.2) is 84.6 Å². The van der Waals surface area contributed by atoms with Gasteiger partial charge in [-0.25, -0.2) is 0 Å². The van der Waals surface area contributed by atoms with Crippen molar-refractivity contribution in [3.05, 3.63) is 107 Å². The van der Waals surface area contributed by atoms with Gasteiger partial charge < -0.3 is 14.7 Å². The molecule has 1 amide bonds. The highest BCUT2D eigenvalue weighted by Gasteiger charge is 2.40. The molecule has 0 spiro atoms. The summed E-state index contributed by atoms with van der Waals surface area (Å²) in [5.74, 6) is 0.174. The van der Waals surface area contributed by atoms with Crippen LogP contribution in [-0.4, -0.2) is 23.0 Å². The van der Waals surface area contributed by atoms with Crippen LogP contribution in [0.5, 0.6) is 5.75 Å². The van der Waals surface area contributed by atoms with Crippen LogP contribution in [0.3, 0.4) is 0 Å². The maximum absolute atomic E-state index is 13.1. The first-order valence-electron chi connectivity index (χ1n) is 9.57. The predicted molar refractivity (Wildman–Crippen MR) is 113 cm³/mol. The Hall–Kier alpha value is -3.53. The Balaban J connectivity index is 1.80. The van der Waals surface area contributed by atoms with Crippen molar-refractivity contribution in [3.8, 4) is 5.75 Å². The molecule has 146 valence electrons. The van der Waals surface area contributed by atoms with Gasteiger partial charge in [0.15, 0.2) is 5.76 Å². The highest BCUT2D eigenvalue weighted by atomic mass is 16.5. The summed E-state index contributed by atoms with van der Waals surface area (Å²) in [4.78, 5) is 14.8. The molecule has 3 aromatic carbocycles. The van der Waals surface area contributed by atoms with E-state index in [1.54, 1.807) is 12.0 Å². The summed E-state index contributed by atoms with van der Waals surface area (Å²) in [6.07, 6.45) is 0. The molecule has 29 heavy (non-hydrogen) atoms. The molecule has 0 bridgehead atoms. The molecule has 0 aromatic heterocycles. The van der Waals surface area contributed by atoms with E-state index in [2.05, 4.69) is 0 Å². The van der Waals surface area contributed by atoms with Gasteiger partial charge in [-0.1, -0.05) is 72.3 Å². The van der Waals surface area contributed by atoms with Gasteiger partial charge in [0.25, 0.3) is 5.91 Å². The Morgan fingerprint density at radius 1 is 0.931 bits per heavy atom. The first-order chi connectivity index (χ1) is 14.1. The van der Waals surface area contributed by atoms with E-state index in [0.717, 1.165) is 28.0 Å². The number of rotatable bonds is 5. The summed E-state index contributed by atoms with van der Waals surface area (Å²) in [6, 6.07) is 25.0. The van der Waals surface area contributed by atoms with E-state index in [4.69, 9.17) is 4.74 Å².